The first-order valence-corrected chi connectivity index (χ1v) is 8.71. The fourth-order valence-electron chi connectivity index (χ4n) is 3.48. The van der Waals surface area contributed by atoms with Crippen LogP contribution < -0.4 is 10.6 Å². The van der Waals surface area contributed by atoms with Crippen molar-refractivity contribution in [1.82, 2.24) is 9.80 Å². The minimum Gasteiger partial charge on any atom is -0.339 e. The molecular formula is C18H26N4O2. The standard InChI is InChI=1S/C18H26N4O2/c1-14(19)18(24)21-11-9-20(10-12-21)13-17(23)22-8-4-6-15-5-2-3-7-16(15)22/h2-3,5,7,14H,4,6,8-13,19H2,1H3/t14-/m1/s1. The van der Waals surface area contributed by atoms with Crippen molar-refractivity contribution >= 4 is 17.5 Å². The first-order chi connectivity index (χ1) is 11.6. The number of hydrogen-bond donors (Lipinski definition) is 1. The van der Waals surface area contributed by atoms with Gasteiger partial charge >= 0.3 is 0 Å². The summed E-state index contributed by atoms with van der Waals surface area (Å²) in [5.41, 5.74) is 7.97. The average Bonchev–Trinajstić information content (AvgIpc) is 2.61. The average molecular weight is 330 g/mol. The molecule has 1 saturated heterocycles. The van der Waals surface area contributed by atoms with E-state index in [1.54, 1.807) is 11.8 Å². The van der Waals surface area contributed by atoms with Gasteiger partial charge in [-0.05, 0) is 31.4 Å². The Labute approximate surface area is 143 Å². The number of fused-ring (bicyclic) bond motifs is 1. The highest BCUT2D eigenvalue weighted by Crippen LogP contribution is 2.26. The summed E-state index contributed by atoms with van der Waals surface area (Å²) in [4.78, 5) is 30.5. The number of nitrogens with zero attached hydrogens (tertiary/aromatic N) is 3. The van der Waals surface area contributed by atoms with E-state index in [1.165, 1.54) is 5.56 Å². The topological polar surface area (TPSA) is 69.9 Å². The van der Waals surface area contributed by atoms with Gasteiger partial charge in [-0.25, -0.2) is 0 Å². The molecule has 0 radical (unpaired) electrons. The molecular weight excluding hydrogens is 304 g/mol. The minimum absolute atomic E-state index is 0.00839. The minimum atomic E-state index is -0.456. The van der Waals surface area contributed by atoms with E-state index in [1.807, 2.05) is 23.1 Å². The molecule has 2 aliphatic heterocycles. The maximum absolute atomic E-state index is 12.7. The number of aryl methyl sites for hydroxylation is 1. The summed E-state index contributed by atoms with van der Waals surface area (Å²) in [6.07, 6.45) is 2.05. The highest BCUT2D eigenvalue weighted by atomic mass is 16.2. The molecule has 6 heteroatoms. The van der Waals surface area contributed by atoms with E-state index in [4.69, 9.17) is 5.73 Å². The van der Waals surface area contributed by atoms with Crippen LogP contribution in [0.1, 0.15) is 18.9 Å². The Morgan fingerprint density at radius 1 is 1.12 bits per heavy atom. The Morgan fingerprint density at radius 2 is 1.83 bits per heavy atom. The lowest BCUT2D eigenvalue weighted by atomic mass is 10.0. The molecule has 6 nitrogen and oxygen atoms in total. The number of carbonyl (C=O) groups is 2. The SMILES string of the molecule is C[C@@H](N)C(=O)N1CCN(CC(=O)N2CCCc3ccccc32)CC1. The van der Waals surface area contributed by atoms with Gasteiger partial charge in [0, 0.05) is 38.4 Å². The summed E-state index contributed by atoms with van der Waals surface area (Å²) in [5.74, 6) is 0.139. The van der Waals surface area contributed by atoms with Crippen molar-refractivity contribution in [3.05, 3.63) is 29.8 Å². The van der Waals surface area contributed by atoms with E-state index >= 15 is 0 Å². The Kier molecular flexibility index (Phi) is 5.16. The molecule has 0 unspecified atom stereocenters. The zero-order valence-corrected chi connectivity index (χ0v) is 14.3. The third kappa shape index (κ3) is 3.60. The van der Waals surface area contributed by atoms with Crippen LogP contribution in [0.15, 0.2) is 24.3 Å². The number of nitrogens with two attached hydrogens (primary N) is 1. The maximum atomic E-state index is 12.7. The summed E-state index contributed by atoms with van der Waals surface area (Å²) in [6.45, 7) is 5.65. The molecule has 1 fully saturated rings. The molecule has 2 amide bonds. The smallest absolute Gasteiger partial charge is 0.241 e. The summed E-state index contributed by atoms with van der Waals surface area (Å²) >= 11 is 0. The van der Waals surface area contributed by atoms with E-state index in [2.05, 4.69) is 11.0 Å². The van der Waals surface area contributed by atoms with Gasteiger partial charge < -0.3 is 15.5 Å². The lowest BCUT2D eigenvalue weighted by Gasteiger charge is -2.37. The molecule has 24 heavy (non-hydrogen) atoms. The zero-order valence-electron chi connectivity index (χ0n) is 14.3. The lowest BCUT2D eigenvalue weighted by Crippen LogP contribution is -2.54. The fourth-order valence-corrected chi connectivity index (χ4v) is 3.48. The number of hydrogen-bond acceptors (Lipinski definition) is 4. The molecule has 2 N–H and O–H groups in total. The predicted octanol–water partition coefficient (Wildman–Crippen LogP) is 0.457. The van der Waals surface area contributed by atoms with Crippen LogP contribution in [0, 0.1) is 0 Å². The van der Waals surface area contributed by atoms with Gasteiger partial charge in [-0.1, -0.05) is 18.2 Å². The van der Waals surface area contributed by atoms with Crippen molar-refractivity contribution in [3.63, 3.8) is 0 Å². The van der Waals surface area contributed by atoms with E-state index in [9.17, 15) is 9.59 Å². The molecule has 1 atom stereocenters. The van der Waals surface area contributed by atoms with Crippen molar-refractivity contribution in [2.75, 3.05) is 44.2 Å². The second kappa shape index (κ2) is 7.32. The van der Waals surface area contributed by atoms with E-state index in [-0.39, 0.29) is 11.8 Å². The monoisotopic (exact) mass is 330 g/mol. The first kappa shape index (κ1) is 16.9. The number of para-hydroxylation sites is 1. The van der Waals surface area contributed by atoms with Gasteiger partial charge in [0.15, 0.2) is 0 Å². The molecule has 2 heterocycles. The Morgan fingerprint density at radius 3 is 2.54 bits per heavy atom. The van der Waals surface area contributed by atoms with Crippen LogP contribution in [0.3, 0.4) is 0 Å². The van der Waals surface area contributed by atoms with Crippen molar-refractivity contribution < 1.29 is 9.59 Å². The highest BCUT2D eigenvalue weighted by molar-refractivity contribution is 5.96. The number of rotatable bonds is 3. The van der Waals surface area contributed by atoms with Gasteiger partial charge in [-0.2, -0.15) is 0 Å². The van der Waals surface area contributed by atoms with E-state index in [0.717, 1.165) is 38.2 Å². The highest BCUT2D eigenvalue weighted by Gasteiger charge is 2.27. The first-order valence-electron chi connectivity index (χ1n) is 8.71. The summed E-state index contributed by atoms with van der Waals surface area (Å²) in [7, 11) is 0. The van der Waals surface area contributed by atoms with Gasteiger partial charge in [0.2, 0.25) is 11.8 Å². The van der Waals surface area contributed by atoms with E-state index in [0.29, 0.717) is 19.6 Å². The maximum Gasteiger partial charge on any atom is 0.241 e. The fraction of sp³-hybridized carbons (Fsp3) is 0.556. The molecule has 0 saturated carbocycles. The normalized spacial score (nSPS) is 19.8. The molecule has 0 spiro atoms. The number of benzene rings is 1. The van der Waals surface area contributed by atoms with Gasteiger partial charge in [0.25, 0.3) is 0 Å². The van der Waals surface area contributed by atoms with Crippen LogP contribution in [0.5, 0.6) is 0 Å². The van der Waals surface area contributed by atoms with Crippen LogP contribution >= 0.6 is 0 Å². The Bertz CT molecular complexity index is 609. The zero-order chi connectivity index (χ0) is 17.1. The molecule has 2 aliphatic rings. The number of anilines is 1. The van der Waals surface area contributed by atoms with Crippen molar-refractivity contribution in [1.29, 1.82) is 0 Å². The molecule has 0 bridgehead atoms. The summed E-state index contributed by atoms with van der Waals surface area (Å²) < 4.78 is 0. The number of carbonyl (C=O) groups excluding carboxylic acids is 2. The van der Waals surface area contributed by atoms with E-state index < -0.39 is 6.04 Å². The van der Waals surface area contributed by atoms with Gasteiger partial charge in [-0.15, -0.1) is 0 Å². The van der Waals surface area contributed by atoms with Crippen LogP contribution in [-0.2, 0) is 16.0 Å². The quantitative estimate of drug-likeness (QED) is 0.874. The molecule has 1 aromatic carbocycles. The van der Waals surface area contributed by atoms with Gasteiger partial charge in [0.1, 0.15) is 0 Å². The molecule has 0 aromatic heterocycles. The molecule has 3 rings (SSSR count). The molecule has 130 valence electrons. The third-order valence-corrected chi connectivity index (χ3v) is 4.84. The molecule has 0 aliphatic carbocycles. The predicted molar refractivity (Wildman–Crippen MR) is 93.8 cm³/mol. The number of piperazine rings is 1. The summed E-state index contributed by atoms with van der Waals surface area (Å²) in [5, 5.41) is 0. The Hall–Kier alpha value is -1.92. The number of amides is 2. The van der Waals surface area contributed by atoms with Crippen molar-refractivity contribution in [2.24, 2.45) is 5.73 Å². The van der Waals surface area contributed by atoms with Crippen LogP contribution in [0.2, 0.25) is 0 Å². The third-order valence-electron chi connectivity index (χ3n) is 4.84. The van der Waals surface area contributed by atoms with Gasteiger partial charge in [0.05, 0.1) is 12.6 Å². The molecule has 1 aromatic rings. The van der Waals surface area contributed by atoms with Crippen molar-refractivity contribution in [2.45, 2.75) is 25.8 Å². The van der Waals surface area contributed by atoms with Crippen LogP contribution in [-0.4, -0.2) is 66.9 Å². The largest absolute Gasteiger partial charge is 0.339 e. The summed E-state index contributed by atoms with van der Waals surface area (Å²) in [6, 6.07) is 7.70. The van der Waals surface area contributed by atoms with Crippen LogP contribution in [0.25, 0.3) is 0 Å². The second-order valence-corrected chi connectivity index (χ2v) is 6.67. The van der Waals surface area contributed by atoms with Gasteiger partial charge in [-0.3, -0.25) is 14.5 Å². The lowest BCUT2D eigenvalue weighted by molar-refractivity contribution is -0.134. The van der Waals surface area contributed by atoms with Crippen LogP contribution in [0.4, 0.5) is 5.69 Å². The Balaban J connectivity index is 1.56. The second-order valence-electron chi connectivity index (χ2n) is 6.67. The van der Waals surface area contributed by atoms with Crippen molar-refractivity contribution in [3.8, 4) is 0 Å².